The highest BCUT2D eigenvalue weighted by molar-refractivity contribution is 9.10. The van der Waals surface area contributed by atoms with Crippen molar-refractivity contribution < 1.29 is 9.53 Å². The first-order valence-corrected chi connectivity index (χ1v) is 7.05. The quantitative estimate of drug-likeness (QED) is 0.849. The Morgan fingerprint density at radius 2 is 2.29 bits per heavy atom. The molecular weight excluding hydrogens is 326 g/mol. The summed E-state index contributed by atoms with van der Waals surface area (Å²) in [5, 5.41) is 0. The third kappa shape index (κ3) is 3.68. The lowest BCUT2D eigenvalue weighted by Crippen LogP contribution is -2.29. The number of hydrogen-bond acceptors (Lipinski definition) is 4. The van der Waals surface area contributed by atoms with Gasteiger partial charge in [0, 0.05) is 15.4 Å². The van der Waals surface area contributed by atoms with Gasteiger partial charge in [-0.1, -0.05) is 11.6 Å². The monoisotopic (exact) mass is 339 g/mol. The average molecular weight is 341 g/mol. The molecule has 0 aliphatic rings. The molecule has 1 aromatic heterocycles. The summed E-state index contributed by atoms with van der Waals surface area (Å²) < 4.78 is 6.27. The minimum atomic E-state index is -0.600. The van der Waals surface area contributed by atoms with Crippen LogP contribution in [-0.4, -0.2) is 13.1 Å². The molecular formula is C11H15BrClNO2S. The van der Waals surface area contributed by atoms with E-state index in [0.29, 0.717) is 10.8 Å². The molecule has 0 aliphatic heterocycles. The maximum absolute atomic E-state index is 11.6. The second-order valence-electron chi connectivity index (χ2n) is 4.46. The topological polar surface area (TPSA) is 52.3 Å². The summed E-state index contributed by atoms with van der Waals surface area (Å²) >= 11 is 10.7. The number of nitrogens with two attached hydrogens (primary N) is 1. The van der Waals surface area contributed by atoms with Crippen molar-refractivity contribution in [2.75, 3.05) is 7.11 Å². The molecule has 1 heterocycles. The van der Waals surface area contributed by atoms with Crippen molar-refractivity contribution >= 4 is 44.8 Å². The smallest absolute Gasteiger partial charge is 0.311 e. The predicted molar refractivity (Wildman–Crippen MR) is 74.4 cm³/mol. The van der Waals surface area contributed by atoms with E-state index in [1.165, 1.54) is 18.4 Å². The third-order valence-corrected chi connectivity index (χ3v) is 5.10. The van der Waals surface area contributed by atoms with Crippen LogP contribution in [0, 0.1) is 5.41 Å². The Hall–Kier alpha value is -0.100. The standard InChI is InChI=1S/C11H15BrClNO2S/c1-11(2,10(15)16-3)5-7(14)8-4-6(12)9(13)17-8/h4,7H,5,14H2,1-3H3. The van der Waals surface area contributed by atoms with Gasteiger partial charge in [-0.25, -0.2) is 0 Å². The van der Waals surface area contributed by atoms with E-state index in [-0.39, 0.29) is 12.0 Å². The van der Waals surface area contributed by atoms with Crippen LogP contribution in [0.2, 0.25) is 4.34 Å². The lowest BCUT2D eigenvalue weighted by Gasteiger charge is -2.24. The van der Waals surface area contributed by atoms with E-state index < -0.39 is 5.41 Å². The highest BCUT2D eigenvalue weighted by Gasteiger charge is 2.31. The number of halogens is 2. The number of methoxy groups -OCH3 is 1. The molecule has 2 N–H and O–H groups in total. The van der Waals surface area contributed by atoms with E-state index in [9.17, 15) is 4.79 Å². The van der Waals surface area contributed by atoms with Crippen molar-refractivity contribution in [3.63, 3.8) is 0 Å². The Balaban J connectivity index is 2.78. The van der Waals surface area contributed by atoms with Crippen LogP contribution < -0.4 is 5.73 Å². The lowest BCUT2D eigenvalue weighted by atomic mass is 9.85. The first kappa shape index (κ1) is 15.0. The number of esters is 1. The van der Waals surface area contributed by atoms with E-state index in [1.54, 1.807) is 0 Å². The van der Waals surface area contributed by atoms with E-state index in [0.717, 1.165) is 9.35 Å². The van der Waals surface area contributed by atoms with Crippen molar-refractivity contribution in [1.29, 1.82) is 0 Å². The highest BCUT2D eigenvalue weighted by Crippen LogP contribution is 2.38. The average Bonchev–Trinajstić information content (AvgIpc) is 2.57. The summed E-state index contributed by atoms with van der Waals surface area (Å²) in [6.07, 6.45) is 0.517. The van der Waals surface area contributed by atoms with Crippen LogP contribution in [-0.2, 0) is 9.53 Å². The maximum Gasteiger partial charge on any atom is 0.311 e. The van der Waals surface area contributed by atoms with Crippen LogP contribution in [0.5, 0.6) is 0 Å². The zero-order valence-electron chi connectivity index (χ0n) is 9.92. The molecule has 3 nitrogen and oxygen atoms in total. The number of carbonyl (C=O) groups is 1. The van der Waals surface area contributed by atoms with Crippen LogP contribution in [0.4, 0.5) is 0 Å². The van der Waals surface area contributed by atoms with Gasteiger partial charge in [0.1, 0.15) is 4.34 Å². The Kier molecular flexibility index (Phi) is 5.01. The Morgan fingerprint density at radius 3 is 2.71 bits per heavy atom. The summed E-state index contributed by atoms with van der Waals surface area (Å²) in [5.41, 5.74) is 5.48. The number of ether oxygens (including phenoxy) is 1. The third-order valence-electron chi connectivity index (χ3n) is 2.50. The van der Waals surface area contributed by atoms with Gasteiger partial charge in [-0.05, 0) is 42.3 Å². The second-order valence-corrected chi connectivity index (χ2v) is 7.00. The SMILES string of the molecule is COC(=O)C(C)(C)CC(N)c1cc(Br)c(Cl)s1. The number of carbonyl (C=O) groups excluding carboxylic acids is 1. The van der Waals surface area contributed by atoms with Crippen molar-refractivity contribution in [2.24, 2.45) is 11.1 Å². The Bertz CT molecular complexity index is 400. The lowest BCUT2D eigenvalue weighted by molar-refractivity contribution is -0.151. The molecule has 1 unspecified atom stereocenters. The Morgan fingerprint density at radius 1 is 1.71 bits per heavy atom. The minimum absolute atomic E-state index is 0.224. The van der Waals surface area contributed by atoms with Crippen LogP contribution in [0.15, 0.2) is 10.5 Å². The van der Waals surface area contributed by atoms with Crippen LogP contribution >= 0.6 is 38.9 Å². The molecule has 1 rings (SSSR count). The van der Waals surface area contributed by atoms with Crippen LogP contribution in [0.1, 0.15) is 31.2 Å². The summed E-state index contributed by atoms with van der Waals surface area (Å²) in [5.74, 6) is -0.255. The first-order valence-electron chi connectivity index (χ1n) is 5.06. The summed E-state index contributed by atoms with van der Waals surface area (Å²) in [7, 11) is 1.38. The van der Waals surface area contributed by atoms with Gasteiger partial charge in [0.05, 0.1) is 12.5 Å². The zero-order valence-corrected chi connectivity index (χ0v) is 13.1. The van der Waals surface area contributed by atoms with Crippen LogP contribution in [0.3, 0.4) is 0 Å². The molecule has 1 aromatic rings. The van der Waals surface area contributed by atoms with Gasteiger partial charge in [-0.2, -0.15) is 0 Å². The van der Waals surface area contributed by atoms with Crippen molar-refractivity contribution in [3.05, 3.63) is 19.8 Å². The molecule has 0 fully saturated rings. The molecule has 1 atom stereocenters. The maximum atomic E-state index is 11.6. The molecule has 0 radical (unpaired) electrons. The summed E-state index contributed by atoms with van der Waals surface area (Å²) in [6.45, 7) is 3.64. The second kappa shape index (κ2) is 5.69. The van der Waals surface area contributed by atoms with Gasteiger partial charge in [0.25, 0.3) is 0 Å². The molecule has 0 aromatic carbocycles. The van der Waals surface area contributed by atoms with Gasteiger partial charge < -0.3 is 10.5 Å². The fraction of sp³-hybridized carbons (Fsp3) is 0.545. The van der Waals surface area contributed by atoms with Crippen molar-refractivity contribution in [2.45, 2.75) is 26.3 Å². The summed E-state index contributed by atoms with van der Waals surface area (Å²) in [4.78, 5) is 12.5. The molecule has 96 valence electrons. The molecule has 0 saturated carbocycles. The van der Waals surface area contributed by atoms with E-state index in [4.69, 9.17) is 22.1 Å². The minimum Gasteiger partial charge on any atom is -0.469 e. The molecule has 0 spiro atoms. The molecule has 6 heteroatoms. The number of hydrogen-bond donors (Lipinski definition) is 1. The molecule has 0 saturated heterocycles. The normalized spacial score (nSPS) is 13.5. The van der Waals surface area contributed by atoms with Gasteiger partial charge in [-0.3, -0.25) is 4.79 Å². The summed E-state index contributed by atoms with van der Waals surface area (Å²) in [6, 6.07) is 1.67. The number of rotatable bonds is 4. The van der Waals surface area contributed by atoms with Gasteiger partial charge >= 0.3 is 5.97 Å². The predicted octanol–water partition coefficient (Wildman–Crippen LogP) is 3.75. The van der Waals surface area contributed by atoms with E-state index in [1.807, 2.05) is 19.9 Å². The first-order chi connectivity index (χ1) is 7.77. The molecule has 0 bridgehead atoms. The fourth-order valence-corrected chi connectivity index (χ4v) is 3.29. The number of thiophene rings is 1. The van der Waals surface area contributed by atoms with E-state index >= 15 is 0 Å². The van der Waals surface area contributed by atoms with E-state index in [2.05, 4.69) is 15.9 Å². The Labute approximate surface area is 118 Å². The van der Waals surface area contributed by atoms with Crippen LogP contribution in [0.25, 0.3) is 0 Å². The fourth-order valence-electron chi connectivity index (χ4n) is 1.56. The van der Waals surface area contributed by atoms with Gasteiger partial charge in [0.2, 0.25) is 0 Å². The molecule has 0 amide bonds. The van der Waals surface area contributed by atoms with Gasteiger partial charge in [0.15, 0.2) is 0 Å². The largest absolute Gasteiger partial charge is 0.469 e. The van der Waals surface area contributed by atoms with Crippen molar-refractivity contribution in [3.8, 4) is 0 Å². The molecule has 17 heavy (non-hydrogen) atoms. The highest BCUT2D eigenvalue weighted by atomic mass is 79.9. The van der Waals surface area contributed by atoms with Gasteiger partial charge in [-0.15, -0.1) is 11.3 Å². The zero-order chi connectivity index (χ0) is 13.2. The van der Waals surface area contributed by atoms with Crippen molar-refractivity contribution in [1.82, 2.24) is 0 Å². The molecule has 0 aliphatic carbocycles.